The molecule has 0 saturated carbocycles. The van der Waals surface area contributed by atoms with Crippen molar-refractivity contribution in [3.63, 3.8) is 0 Å². The maximum absolute atomic E-state index is 4.74. The average Bonchev–Trinajstić information content (AvgIpc) is 2.78. The van der Waals surface area contributed by atoms with Gasteiger partial charge in [0, 0.05) is 31.5 Å². The summed E-state index contributed by atoms with van der Waals surface area (Å²) in [5, 5.41) is 0. The Morgan fingerprint density at radius 3 is 2.85 bits per heavy atom. The zero-order chi connectivity index (χ0) is 13.6. The lowest BCUT2D eigenvalue weighted by Gasteiger charge is -2.21. The van der Waals surface area contributed by atoms with Crippen LogP contribution in [0.25, 0.3) is 0 Å². The van der Waals surface area contributed by atoms with E-state index in [2.05, 4.69) is 34.1 Å². The van der Waals surface area contributed by atoms with Crippen LogP contribution in [0.15, 0.2) is 42.6 Å². The number of rotatable bonds is 3. The number of benzene rings is 1. The zero-order valence-corrected chi connectivity index (χ0v) is 12.4. The third kappa shape index (κ3) is 3.51. The molecule has 3 nitrogen and oxygen atoms in total. The fraction of sp³-hybridized carbons (Fsp3) is 0.375. The van der Waals surface area contributed by atoms with Crippen molar-refractivity contribution in [3.8, 4) is 0 Å². The zero-order valence-electron chi connectivity index (χ0n) is 11.5. The topological polar surface area (TPSA) is 29.0 Å². The van der Waals surface area contributed by atoms with E-state index in [0.717, 1.165) is 31.2 Å². The number of aromatic nitrogens is 2. The SMILES string of the molecule is c1ccc(Cc2nccc(N3CCCSCC3)n2)cc1. The number of nitrogens with zero attached hydrogens (tertiary/aromatic N) is 3. The molecular weight excluding hydrogens is 266 g/mol. The van der Waals surface area contributed by atoms with Crippen molar-refractivity contribution in [2.24, 2.45) is 0 Å². The predicted octanol–water partition coefficient (Wildman–Crippen LogP) is 3.01. The second-order valence-corrected chi connectivity index (χ2v) is 6.17. The molecule has 1 aliphatic rings. The Balaban J connectivity index is 1.75. The van der Waals surface area contributed by atoms with E-state index in [1.165, 1.54) is 23.5 Å². The lowest BCUT2D eigenvalue weighted by atomic mass is 10.1. The summed E-state index contributed by atoms with van der Waals surface area (Å²) in [6.45, 7) is 2.20. The number of anilines is 1. The Hall–Kier alpha value is -1.55. The molecule has 1 fully saturated rings. The highest BCUT2D eigenvalue weighted by atomic mass is 32.2. The molecule has 0 spiro atoms. The summed E-state index contributed by atoms with van der Waals surface area (Å²) >= 11 is 2.04. The maximum atomic E-state index is 4.74. The van der Waals surface area contributed by atoms with E-state index in [1.54, 1.807) is 0 Å². The van der Waals surface area contributed by atoms with Crippen LogP contribution in [0.1, 0.15) is 17.8 Å². The van der Waals surface area contributed by atoms with E-state index in [9.17, 15) is 0 Å². The minimum atomic E-state index is 0.803. The van der Waals surface area contributed by atoms with Gasteiger partial charge in [-0.05, 0) is 23.8 Å². The summed E-state index contributed by atoms with van der Waals surface area (Å²) in [4.78, 5) is 11.5. The molecule has 0 aliphatic carbocycles. The molecule has 1 aliphatic heterocycles. The molecule has 4 heteroatoms. The van der Waals surface area contributed by atoms with Crippen LogP contribution in [0.2, 0.25) is 0 Å². The van der Waals surface area contributed by atoms with Crippen LogP contribution in [0.5, 0.6) is 0 Å². The fourth-order valence-electron chi connectivity index (χ4n) is 2.40. The van der Waals surface area contributed by atoms with E-state index >= 15 is 0 Å². The van der Waals surface area contributed by atoms with Crippen molar-refractivity contribution in [2.75, 3.05) is 29.5 Å². The fourth-order valence-corrected chi connectivity index (χ4v) is 3.29. The number of hydrogen-bond donors (Lipinski definition) is 0. The van der Waals surface area contributed by atoms with Gasteiger partial charge in [0.2, 0.25) is 0 Å². The first-order valence-electron chi connectivity index (χ1n) is 7.10. The molecule has 0 bridgehead atoms. The van der Waals surface area contributed by atoms with Gasteiger partial charge in [0.1, 0.15) is 11.6 Å². The highest BCUT2D eigenvalue weighted by Crippen LogP contribution is 2.17. The van der Waals surface area contributed by atoms with Crippen LogP contribution < -0.4 is 4.90 Å². The normalized spacial score (nSPS) is 15.9. The number of hydrogen-bond acceptors (Lipinski definition) is 4. The van der Waals surface area contributed by atoms with E-state index in [0.29, 0.717) is 0 Å². The lowest BCUT2D eigenvalue weighted by molar-refractivity contribution is 0.790. The van der Waals surface area contributed by atoms with Crippen molar-refractivity contribution in [2.45, 2.75) is 12.8 Å². The van der Waals surface area contributed by atoms with E-state index < -0.39 is 0 Å². The van der Waals surface area contributed by atoms with Crippen molar-refractivity contribution in [1.29, 1.82) is 0 Å². The summed E-state index contributed by atoms with van der Waals surface area (Å²) in [7, 11) is 0. The summed E-state index contributed by atoms with van der Waals surface area (Å²) < 4.78 is 0. The molecule has 3 rings (SSSR count). The molecule has 0 atom stereocenters. The first kappa shape index (κ1) is 13.4. The molecule has 1 saturated heterocycles. The van der Waals surface area contributed by atoms with Crippen LogP contribution in [0.3, 0.4) is 0 Å². The molecule has 1 aromatic carbocycles. The van der Waals surface area contributed by atoms with Crippen LogP contribution in [0, 0.1) is 0 Å². The van der Waals surface area contributed by atoms with Crippen LogP contribution >= 0.6 is 11.8 Å². The van der Waals surface area contributed by atoms with Gasteiger partial charge in [-0.15, -0.1) is 0 Å². The molecule has 1 aromatic heterocycles. The average molecular weight is 285 g/mol. The third-order valence-corrected chi connectivity index (χ3v) is 4.49. The first-order chi connectivity index (χ1) is 9.92. The Bertz CT molecular complexity index is 536. The van der Waals surface area contributed by atoms with Gasteiger partial charge in [0.15, 0.2) is 0 Å². The van der Waals surface area contributed by atoms with Gasteiger partial charge < -0.3 is 4.90 Å². The summed E-state index contributed by atoms with van der Waals surface area (Å²) in [6, 6.07) is 12.4. The highest BCUT2D eigenvalue weighted by molar-refractivity contribution is 7.99. The first-order valence-corrected chi connectivity index (χ1v) is 8.26. The van der Waals surface area contributed by atoms with Gasteiger partial charge in [-0.1, -0.05) is 30.3 Å². The van der Waals surface area contributed by atoms with E-state index in [1.807, 2.05) is 30.1 Å². The Morgan fingerprint density at radius 2 is 1.95 bits per heavy atom. The van der Waals surface area contributed by atoms with Gasteiger partial charge in [-0.2, -0.15) is 11.8 Å². The van der Waals surface area contributed by atoms with Gasteiger partial charge >= 0.3 is 0 Å². The maximum Gasteiger partial charge on any atom is 0.135 e. The number of thioether (sulfide) groups is 1. The molecule has 0 N–H and O–H groups in total. The highest BCUT2D eigenvalue weighted by Gasteiger charge is 2.12. The van der Waals surface area contributed by atoms with Gasteiger partial charge in [-0.25, -0.2) is 9.97 Å². The minimum absolute atomic E-state index is 0.803. The van der Waals surface area contributed by atoms with Gasteiger partial charge in [0.05, 0.1) is 0 Å². The van der Waals surface area contributed by atoms with Crippen LogP contribution in [0.4, 0.5) is 5.82 Å². The van der Waals surface area contributed by atoms with Crippen LogP contribution in [-0.4, -0.2) is 34.6 Å². The summed E-state index contributed by atoms with van der Waals surface area (Å²) in [5.74, 6) is 4.44. The second kappa shape index (κ2) is 6.75. The third-order valence-electron chi connectivity index (χ3n) is 3.44. The molecule has 0 unspecified atom stereocenters. The van der Waals surface area contributed by atoms with E-state index in [4.69, 9.17) is 4.98 Å². The van der Waals surface area contributed by atoms with Crippen LogP contribution in [-0.2, 0) is 6.42 Å². The summed E-state index contributed by atoms with van der Waals surface area (Å²) in [5.41, 5.74) is 1.26. The molecule has 0 radical (unpaired) electrons. The Kier molecular flexibility index (Phi) is 4.53. The molecule has 104 valence electrons. The largest absolute Gasteiger partial charge is 0.356 e. The monoisotopic (exact) mass is 285 g/mol. The molecular formula is C16H19N3S. The van der Waals surface area contributed by atoms with Crippen molar-refractivity contribution in [3.05, 3.63) is 54.0 Å². The quantitative estimate of drug-likeness (QED) is 0.867. The molecule has 20 heavy (non-hydrogen) atoms. The standard InChI is InChI=1S/C16H19N3S/c1-2-5-14(6-3-1)13-15-17-8-7-16(18-15)19-9-4-11-20-12-10-19/h1-3,5-8H,4,9-13H2. The second-order valence-electron chi connectivity index (χ2n) is 4.95. The smallest absolute Gasteiger partial charge is 0.135 e. The molecule has 2 aromatic rings. The van der Waals surface area contributed by atoms with Crippen molar-refractivity contribution in [1.82, 2.24) is 9.97 Å². The molecule has 0 amide bonds. The Morgan fingerprint density at radius 1 is 1.05 bits per heavy atom. The lowest BCUT2D eigenvalue weighted by Crippen LogP contribution is -2.26. The van der Waals surface area contributed by atoms with Crippen molar-refractivity contribution < 1.29 is 0 Å². The van der Waals surface area contributed by atoms with Gasteiger partial charge in [-0.3, -0.25) is 0 Å². The summed E-state index contributed by atoms with van der Waals surface area (Å²) in [6.07, 6.45) is 3.93. The Labute approximate surface area is 124 Å². The van der Waals surface area contributed by atoms with Gasteiger partial charge in [0.25, 0.3) is 0 Å². The van der Waals surface area contributed by atoms with Crippen molar-refractivity contribution >= 4 is 17.6 Å². The predicted molar refractivity (Wildman–Crippen MR) is 85.4 cm³/mol. The molecule has 2 heterocycles. The minimum Gasteiger partial charge on any atom is -0.356 e. The van der Waals surface area contributed by atoms with E-state index in [-0.39, 0.29) is 0 Å².